The van der Waals surface area contributed by atoms with Crippen LogP contribution < -0.4 is 10.1 Å². The minimum Gasteiger partial charge on any atom is -0.497 e. The van der Waals surface area contributed by atoms with E-state index >= 15 is 0 Å². The molecule has 7 heteroatoms. The molecule has 0 aliphatic heterocycles. The van der Waals surface area contributed by atoms with E-state index in [9.17, 15) is 8.42 Å². The first-order valence-electron chi connectivity index (χ1n) is 10.6. The van der Waals surface area contributed by atoms with Gasteiger partial charge in [-0.15, -0.1) is 0 Å². The Balaban J connectivity index is 1.64. The molecule has 3 aromatic carbocycles. The van der Waals surface area contributed by atoms with Crippen LogP contribution >= 0.6 is 0 Å². The normalized spacial score (nSPS) is 11.4. The Kier molecular flexibility index (Phi) is 6.51. The Morgan fingerprint density at radius 3 is 2.09 bits per heavy atom. The fraction of sp³-hybridized carbons (Fsp3) is 0.192. The molecule has 4 rings (SSSR count). The van der Waals surface area contributed by atoms with Gasteiger partial charge in [0, 0.05) is 12.1 Å². The standard InChI is InChI=1S/C26H26N2O4S/c1-18-4-10-21(11-5-18)24-28-26(33(29,30)23-14-6-19(2)7-15-23)25(32-24)27-17-16-20-8-12-22(31-3)13-9-20/h4-15,27H,16-17H2,1-3H3. The van der Waals surface area contributed by atoms with E-state index in [1.165, 1.54) is 0 Å². The average Bonchev–Trinajstić information content (AvgIpc) is 3.25. The summed E-state index contributed by atoms with van der Waals surface area (Å²) in [6.07, 6.45) is 0.675. The van der Waals surface area contributed by atoms with Crippen LogP contribution in [0.3, 0.4) is 0 Å². The molecule has 0 aliphatic rings. The molecule has 1 aromatic heterocycles. The lowest BCUT2D eigenvalue weighted by Gasteiger charge is -2.07. The Bertz CT molecular complexity index is 1320. The molecular weight excluding hydrogens is 436 g/mol. The van der Waals surface area contributed by atoms with Crippen molar-refractivity contribution in [3.8, 4) is 17.2 Å². The number of hydrogen-bond donors (Lipinski definition) is 1. The van der Waals surface area contributed by atoms with Crippen molar-refractivity contribution in [3.05, 3.63) is 89.5 Å². The molecule has 0 bridgehead atoms. The van der Waals surface area contributed by atoms with Crippen molar-refractivity contribution in [1.29, 1.82) is 0 Å². The van der Waals surface area contributed by atoms with Crippen molar-refractivity contribution in [3.63, 3.8) is 0 Å². The van der Waals surface area contributed by atoms with E-state index in [-0.39, 0.29) is 21.7 Å². The van der Waals surface area contributed by atoms with Gasteiger partial charge in [-0.2, -0.15) is 4.98 Å². The van der Waals surface area contributed by atoms with Crippen LogP contribution in [0.4, 0.5) is 5.88 Å². The van der Waals surface area contributed by atoms with Crippen molar-refractivity contribution in [2.45, 2.75) is 30.2 Å². The third kappa shape index (κ3) is 5.09. The molecule has 4 aromatic rings. The molecule has 0 spiro atoms. The topological polar surface area (TPSA) is 81.4 Å². The second-order valence-corrected chi connectivity index (χ2v) is 9.73. The lowest BCUT2D eigenvalue weighted by Crippen LogP contribution is -2.09. The molecule has 0 unspecified atom stereocenters. The number of hydrogen-bond acceptors (Lipinski definition) is 6. The minimum atomic E-state index is -3.87. The van der Waals surface area contributed by atoms with E-state index < -0.39 is 9.84 Å². The molecule has 0 saturated heterocycles. The summed E-state index contributed by atoms with van der Waals surface area (Å²) in [6.45, 7) is 4.37. The summed E-state index contributed by atoms with van der Waals surface area (Å²) in [4.78, 5) is 4.57. The summed E-state index contributed by atoms with van der Waals surface area (Å²) in [5.41, 5.74) is 3.87. The third-order valence-corrected chi connectivity index (χ3v) is 7.02. The van der Waals surface area contributed by atoms with E-state index in [1.807, 2.05) is 62.4 Å². The monoisotopic (exact) mass is 462 g/mol. The Hall–Kier alpha value is -3.58. The maximum atomic E-state index is 13.4. The zero-order valence-corrected chi connectivity index (χ0v) is 19.6. The van der Waals surface area contributed by atoms with Crippen LogP contribution in [0.1, 0.15) is 16.7 Å². The van der Waals surface area contributed by atoms with Gasteiger partial charge >= 0.3 is 0 Å². The number of nitrogens with zero attached hydrogens (tertiary/aromatic N) is 1. The van der Waals surface area contributed by atoms with E-state index in [0.29, 0.717) is 18.5 Å². The maximum Gasteiger partial charge on any atom is 0.233 e. The number of methoxy groups -OCH3 is 1. The van der Waals surface area contributed by atoms with E-state index in [4.69, 9.17) is 9.15 Å². The van der Waals surface area contributed by atoms with E-state index in [2.05, 4.69) is 10.3 Å². The predicted molar refractivity (Wildman–Crippen MR) is 128 cm³/mol. The molecule has 1 N–H and O–H groups in total. The highest BCUT2D eigenvalue weighted by molar-refractivity contribution is 7.91. The Morgan fingerprint density at radius 2 is 1.48 bits per heavy atom. The number of aryl methyl sites for hydroxylation is 2. The Labute approximate surface area is 194 Å². The zero-order valence-electron chi connectivity index (χ0n) is 18.8. The number of nitrogens with one attached hydrogen (secondary N) is 1. The number of sulfone groups is 1. The number of oxazole rings is 1. The predicted octanol–water partition coefficient (Wildman–Crippen LogP) is 5.45. The lowest BCUT2D eigenvalue weighted by atomic mass is 10.1. The zero-order chi connectivity index (χ0) is 23.4. The summed E-state index contributed by atoms with van der Waals surface area (Å²) in [5.74, 6) is 1.18. The quantitative estimate of drug-likeness (QED) is 0.375. The molecule has 6 nitrogen and oxygen atoms in total. The Morgan fingerprint density at radius 1 is 0.879 bits per heavy atom. The van der Waals surface area contributed by atoms with Gasteiger partial charge in [-0.05, 0) is 62.2 Å². The highest BCUT2D eigenvalue weighted by Gasteiger charge is 2.28. The van der Waals surface area contributed by atoms with Crippen LogP contribution in [0.15, 0.2) is 87.1 Å². The van der Waals surface area contributed by atoms with Gasteiger partial charge in [-0.1, -0.05) is 47.5 Å². The van der Waals surface area contributed by atoms with Crippen molar-refractivity contribution in [2.24, 2.45) is 0 Å². The third-order valence-electron chi connectivity index (χ3n) is 5.34. The summed E-state index contributed by atoms with van der Waals surface area (Å²) in [5, 5.41) is 3.03. The maximum absolute atomic E-state index is 13.4. The van der Waals surface area contributed by atoms with Crippen molar-refractivity contribution < 1.29 is 17.6 Å². The van der Waals surface area contributed by atoms with Crippen LogP contribution in [0, 0.1) is 13.8 Å². The summed E-state index contributed by atoms with van der Waals surface area (Å²) in [6, 6.07) is 22.1. The highest BCUT2D eigenvalue weighted by Crippen LogP contribution is 2.32. The number of ether oxygens (including phenoxy) is 1. The van der Waals surface area contributed by atoms with Crippen molar-refractivity contribution in [1.82, 2.24) is 4.98 Å². The minimum absolute atomic E-state index is 0.114. The van der Waals surface area contributed by atoms with Gasteiger partial charge in [0.05, 0.1) is 12.0 Å². The van der Waals surface area contributed by atoms with Crippen LogP contribution in [0.2, 0.25) is 0 Å². The van der Waals surface area contributed by atoms with Crippen molar-refractivity contribution >= 4 is 15.7 Å². The molecule has 0 atom stereocenters. The van der Waals surface area contributed by atoms with Gasteiger partial charge in [0.25, 0.3) is 0 Å². The number of anilines is 1. The molecule has 33 heavy (non-hydrogen) atoms. The summed E-state index contributed by atoms with van der Waals surface area (Å²) < 4.78 is 37.9. The first-order chi connectivity index (χ1) is 15.9. The largest absolute Gasteiger partial charge is 0.497 e. The molecule has 0 radical (unpaired) electrons. The smallest absolute Gasteiger partial charge is 0.233 e. The van der Waals surface area contributed by atoms with Gasteiger partial charge in [-0.25, -0.2) is 8.42 Å². The second kappa shape index (κ2) is 9.50. The molecule has 170 valence electrons. The number of rotatable bonds is 8. The van der Waals surface area contributed by atoms with Crippen LogP contribution in [0.25, 0.3) is 11.5 Å². The molecular formula is C26H26N2O4S. The van der Waals surface area contributed by atoms with Gasteiger partial charge in [-0.3, -0.25) is 0 Å². The fourth-order valence-corrected chi connectivity index (χ4v) is 4.64. The molecule has 1 heterocycles. The first kappa shape index (κ1) is 22.6. The van der Waals surface area contributed by atoms with Crippen LogP contribution in [-0.2, 0) is 16.3 Å². The summed E-state index contributed by atoms with van der Waals surface area (Å²) >= 11 is 0. The molecule has 0 saturated carbocycles. The second-order valence-electron chi connectivity index (χ2n) is 7.86. The van der Waals surface area contributed by atoms with Gasteiger partial charge in [0.2, 0.25) is 26.6 Å². The van der Waals surface area contributed by atoms with Gasteiger partial charge in [0.15, 0.2) is 0 Å². The average molecular weight is 463 g/mol. The van der Waals surface area contributed by atoms with E-state index in [0.717, 1.165) is 22.4 Å². The van der Waals surface area contributed by atoms with Gasteiger partial charge < -0.3 is 14.5 Å². The molecule has 0 amide bonds. The van der Waals surface area contributed by atoms with Crippen LogP contribution in [-0.4, -0.2) is 27.1 Å². The fourth-order valence-electron chi connectivity index (χ4n) is 3.36. The number of benzene rings is 3. The highest BCUT2D eigenvalue weighted by atomic mass is 32.2. The van der Waals surface area contributed by atoms with E-state index in [1.54, 1.807) is 31.4 Å². The van der Waals surface area contributed by atoms with Crippen molar-refractivity contribution in [2.75, 3.05) is 19.0 Å². The SMILES string of the molecule is COc1ccc(CCNc2oc(-c3ccc(C)cc3)nc2S(=O)(=O)c2ccc(C)cc2)cc1. The summed E-state index contributed by atoms with van der Waals surface area (Å²) in [7, 11) is -2.24. The molecule has 0 aliphatic carbocycles. The lowest BCUT2D eigenvalue weighted by molar-refractivity contribution is 0.414. The first-order valence-corrected chi connectivity index (χ1v) is 12.1. The van der Waals surface area contributed by atoms with Crippen LogP contribution in [0.5, 0.6) is 5.75 Å². The van der Waals surface area contributed by atoms with Gasteiger partial charge in [0.1, 0.15) is 5.75 Å². The number of aromatic nitrogens is 1. The molecule has 0 fully saturated rings.